The van der Waals surface area contributed by atoms with Crippen LogP contribution < -0.4 is 9.47 Å². The minimum Gasteiger partial charge on any atom is -0.509 e. The third-order valence-electron chi connectivity index (χ3n) is 8.37. The first kappa shape index (κ1) is 31.3. The molecule has 7 rings (SSSR count). The molecular weight excluding hydrogens is 752 g/mol. The number of nitrogens with zero attached hydrogens (tertiary/aromatic N) is 4. The van der Waals surface area contributed by atoms with Crippen LogP contribution in [0.1, 0.15) is 35.0 Å². The van der Waals surface area contributed by atoms with E-state index >= 15 is 0 Å². The van der Waals surface area contributed by atoms with Gasteiger partial charge in [-0.3, -0.25) is 4.68 Å². The molecule has 0 aliphatic heterocycles. The Kier molecular flexibility index (Phi) is 8.59. The normalized spacial score (nSPS) is 11.2. The molecule has 0 aliphatic carbocycles. The van der Waals surface area contributed by atoms with E-state index in [2.05, 4.69) is 105 Å². The van der Waals surface area contributed by atoms with Gasteiger partial charge in [0.05, 0.1) is 12.8 Å². The largest absolute Gasteiger partial charge is 2.00 e. The molecular formula is C39H34N4O2Pt. The minimum atomic E-state index is 0. The van der Waals surface area contributed by atoms with Crippen LogP contribution in [0.5, 0.6) is 17.2 Å². The van der Waals surface area contributed by atoms with Crippen molar-refractivity contribution in [1.82, 2.24) is 19.3 Å². The van der Waals surface area contributed by atoms with Gasteiger partial charge in [-0.15, -0.1) is 35.7 Å². The summed E-state index contributed by atoms with van der Waals surface area (Å²) in [6.45, 7) is 10.6. The second-order valence-corrected chi connectivity index (χ2v) is 11.4. The van der Waals surface area contributed by atoms with E-state index in [0.717, 1.165) is 79.1 Å². The van der Waals surface area contributed by atoms with Crippen molar-refractivity contribution < 1.29 is 30.5 Å². The summed E-state index contributed by atoms with van der Waals surface area (Å²) < 4.78 is 16.1. The molecule has 0 spiro atoms. The van der Waals surface area contributed by atoms with Gasteiger partial charge in [-0.25, -0.2) is 4.98 Å². The maximum absolute atomic E-state index is 6.42. The first-order valence-corrected chi connectivity index (χ1v) is 15.2. The van der Waals surface area contributed by atoms with Gasteiger partial charge in [0.15, 0.2) is 0 Å². The monoisotopic (exact) mass is 785 g/mol. The van der Waals surface area contributed by atoms with Gasteiger partial charge in [-0.2, -0.15) is 17.2 Å². The number of hydrogen-bond acceptors (Lipinski definition) is 4. The summed E-state index contributed by atoms with van der Waals surface area (Å²) in [4.78, 5) is 4.69. The molecule has 7 heteroatoms. The molecule has 0 atom stereocenters. The van der Waals surface area contributed by atoms with Crippen molar-refractivity contribution in [2.45, 2.75) is 41.0 Å². The SMILES string of the molecule is CCc1c(-c2c(C)cc(OC)cc2C)c(C)nn1-c1[c-]c(Oc2[c-]c3c(cc2)c2ccccc2n3-c2cc(C)ccn2)ccc1.[Pt+2]. The maximum Gasteiger partial charge on any atom is 2.00 e. The molecule has 0 fully saturated rings. The Morgan fingerprint density at radius 2 is 1.54 bits per heavy atom. The molecule has 0 bridgehead atoms. The van der Waals surface area contributed by atoms with Gasteiger partial charge in [0.2, 0.25) is 0 Å². The van der Waals surface area contributed by atoms with E-state index in [4.69, 9.17) is 14.6 Å². The molecule has 6 nitrogen and oxygen atoms in total. The summed E-state index contributed by atoms with van der Waals surface area (Å²) >= 11 is 0. The summed E-state index contributed by atoms with van der Waals surface area (Å²) in [7, 11) is 1.70. The average molecular weight is 786 g/mol. The van der Waals surface area contributed by atoms with Crippen LogP contribution in [0.4, 0.5) is 0 Å². The van der Waals surface area contributed by atoms with Crippen LogP contribution in [-0.4, -0.2) is 26.4 Å². The quantitative estimate of drug-likeness (QED) is 0.151. The van der Waals surface area contributed by atoms with Crippen LogP contribution in [0.2, 0.25) is 0 Å². The van der Waals surface area contributed by atoms with E-state index in [-0.39, 0.29) is 21.1 Å². The summed E-state index contributed by atoms with van der Waals surface area (Å²) in [6, 6.07) is 33.6. The Bertz CT molecular complexity index is 2210. The molecule has 0 saturated heterocycles. The Morgan fingerprint density at radius 1 is 0.783 bits per heavy atom. The number of ether oxygens (including phenoxy) is 2. The van der Waals surface area contributed by atoms with E-state index in [1.165, 1.54) is 5.56 Å². The van der Waals surface area contributed by atoms with Gasteiger partial charge in [-0.1, -0.05) is 30.6 Å². The Labute approximate surface area is 283 Å². The zero-order valence-corrected chi connectivity index (χ0v) is 29.0. The molecule has 0 aliphatic rings. The number of rotatable bonds is 7. The van der Waals surface area contributed by atoms with E-state index in [1.807, 2.05) is 41.2 Å². The fraction of sp³-hybridized carbons (Fsp3) is 0.179. The van der Waals surface area contributed by atoms with Gasteiger partial charge in [0.1, 0.15) is 11.6 Å². The maximum atomic E-state index is 6.42. The molecule has 3 heterocycles. The summed E-state index contributed by atoms with van der Waals surface area (Å²) in [6.07, 6.45) is 2.65. The summed E-state index contributed by atoms with van der Waals surface area (Å²) in [5, 5.41) is 7.24. The average Bonchev–Trinajstić information content (AvgIpc) is 3.54. The molecule has 232 valence electrons. The summed E-state index contributed by atoms with van der Waals surface area (Å²) in [5.41, 5.74) is 10.7. The van der Waals surface area contributed by atoms with Gasteiger partial charge in [0, 0.05) is 34.5 Å². The van der Waals surface area contributed by atoms with Crippen molar-refractivity contribution in [1.29, 1.82) is 0 Å². The number of aromatic nitrogens is 4. The summed E-state index contributed by atoms with van der Waals surface area (Å²) in [5.74, 6) is 2.90. The second kappa shape index (κ2) is 12.6. The van der Waals surface area contributed by atoms with Crippen LogP contribution in [0.25, 0.3) is 44.4 Å². The van der Waals surface area contributed by atoms with Crippen molar-refractivity contribution in [3.05, 3.63) is 125 Å². The predicted octanol–water partition coefficient (Wildman–Crippen LogP) is 9.23. The van der Waals surface area contributed by atoms with Crippen molar-refractivity contribution >= 4 is 21.8 Å². The molecule has 7 aromatic rings. The molecule has 0 radical (unpaired) electrons. The van der Waals surface area contributed by atoms with Gasteiger partial charge >= 0.3 is 21.1 Å². The van der Waals surface area contributed by atoms with Crippen molar-refractivity contribution in [3.8, 4) is 39.9 Å². The fourth-order valence-corrected chi connectivity index (χ4v) is 6.41. The van der Waals surface area contributed by atoms with Crippen molar-refractivity contribution in [2.24, 2.45) is 0 Å². The van der Waals surface area contributed by atoms with Crippen LogP contribution >= 0.6 is 0 Å². The van der Waals surface area contributed by atoms with Crippen LogP contribution in [0.3, 0.4) is 0 Å². The third kappa shape index (κ3) is 5.41. The molecule has 46 heavy (non-hydrogen) atoms. The number of aryl methyl sites for hydroxylation is 4. The smallest absolute Gasteiger partial charge is 0.509 e. The van der Waals surface area contributed by atoms with E-state index in [0.29, 0.717) is 11.5 Å². The van der Waals surface area contributed by atoms with E-state index in [1.54, 1.807) is 7.11 Å². The van der Waals surface area contributed by atoms with Crippen LogP contribution in [0, 0.1) is 39.8 Å². The van der Waals surface area contributed by atoms with Crippen LogP contribution in [-0.2, 0) is 27.5 Å². The fourth-order valence-electron chi connectivity index (χ4n) is 6.41. The second-order valence-electron chi connectivity index (χ2n) is 11.4. The molecule has 3 aromatic heterocycles. The van der Waals surface area contributed by atoms with E-state index in [9.17, 15) is 0 Å². The molecule has 0 amide bonds. The number of pyridine rings is 1. The van der Waals surface area contributed by atoms with Gasteiger partial charge < -0.3 is 14.0 Å². The number of hydrogen-bond donors (Lipinski definition) is 0. The zero-order chi connectivity index (χ0) is 31.2. The number of para-hydroxylation sites is 1. The van der Waals surface area contributed by atoms with Crippen LogP contribution in [0.15, 0.2) is 85.1 Å². The number of fused-ring (bicyclic) bond motifs is 3. The topological polar surface area (TPSA) is 54.1 Å². The van der Waals surface area contributed by atoms with Gasteiger partial charge in [0.25, 0.3) is 0 Å². The predicted molar refractivity (Wildman–Crippen MR) is 180 cm³/mol. The standard InChI is InChI=1S/C39H34N4O2.Pt/c1-7-34-39(38-25(3)20-31(44-6)21-26(38)4)27(5)41-43(34)28-11-10-12-29(22-28)45-30-15-16-33-32-13-8-9-14-35(32)42(36(33)23-30)37-19-24(2)17-18-40-37;/h8-21H,7H2,1-6H3;/q-2;+2. The molecule has 0 N–H and O–H groups in total. The molecule has 4 aromatic carbocycles. The Morgan fingerprint density at radius 3 is 2.28 bits per heavy atom. The number of methoxy groups -OCH3 is 1. The molecule has 0 saturated carbocycles. The minimum absolute atomic E-state index is 0. The Balaban J connectivity index is 0.00000372. The third-order valence-corrected chi connectivity index (χ3v) is 8.37. The molecule has 0 unspecified atom stereocenters. The van der Waals surface area contributed by atoms with E-state index < -0.39 is 0 Å². The first-order valence-electron chi connectivity index (χ1n) is 15.2. The number of benzene rings is 4. The first-order chi connectivity index (χ1) is 21.9. The zero-order valence-electron chi connectivity index (χ0n) is 26.7. The Hall–Kier alpha value is -4.67. The van der Waals surface area contributed by atoms with Crippen molar-refractivity contribution in [2.75, 3.05) is 7.11 Å². The van der Waals surface area contributed by atoms with Gasteiger partial charge in [-0.05, 0) is 97.8 Å². The van der Waals surface area contributed by atoms with Crippen molar-refractivity contribution in [3.63, 3.8) is 0 Å².